The molecule has 0 fully saturated rings. The van der Waals surface area contributed by atoms with Crippen molar-refractivity contribution in [1.82, 2.24) is 16.0 Å². The van der Waals surface area contributed by atoms with E-state index in [1.165, 1.54) is 18.7 Å². The van der Waals surface area contributed by atoms with Gasteiger partial charge in [-0.25, -0.2) is 9.59 Å². The fourth-order valence-corrected chi connectivity index (χ4v) is 4.76. The number of amides is 3. The maximum atomic E-state index is 12.6. The van der Waals surface area contributed by atoms with Gasteiger partial charge >= 0.3 is 17.9 Å². The lowest BCUT2D eigenvalue weighted by Gasteiger charge is -2.25. The predicted octanol–water partition coefficient (Wildman–Crippen LogP) is 0.973. The first kappa shape index (κ1) is 37.2. The molecule has 0 aliphatic rings. The number of benzene rings is 1. The first-order valence-electron chi connectivity index (χ1n) is 13.8. The number of carbonyl (C=O) groups is 6. The average Bonchev–Trinajstić information content (AvgIpc) is 2.92. The quantitative estimate of drug-likeness (QED) is 0.0946. The van der Waals surface area contributed by atoms with E-state index in [9.17, 15) is 39.0 Å². The molecule has 0 aliphatic heterocycles. The monoisotopic (exact) mass is 626 g/mol. The molecule has 14 nitrogen and oxygen atoms in total. The molecule has 1 aromatic rings. The van der Waals surface area contributed by atoms with E-state index >= 15 is 0 Å². The average molecular weight is 627 g/mol. The third-order valence-corrected chi connectivity index (χ3v) is 7.47. The Kier molecular flexibility index (Phi) is 16.1. The van der Waals surface area contributed by atoms with Crippen molar-refractivity contribution in [3.05, 3.63) is 30.3 Å². The smallest absolute Gasteiger partial charge is 0.326 e. The maximum Gasteiger partial charge on any atom is 0.326 e. The summed E-state index contributed by atoms with van der Waals surface area (Å²) in [7, 11) is 0. The highest BCUT2D eigenvalue weighted by molar-refractivity contribution is 8.00. The van der Waals surface area contributed by atoms with Crippen molar-refractivity contribution in [2.24, 2.45) is 5.73 Å². The summed E-state index contributed by atoms with van der Waals surface area (Å²) in [6.07, 6.45) is -0.586. The van der Waals surface area contributed by atoms with Gasteiger partial charge in [-0.15, -0.1) is 0 Å². The minimum Gasteiger partial charge on any atom is -0.493 e. The normalized spacial score (nSPS) is 14.0. The minimum absolute atomic E-state index is 0.0108. The Balaban J connectivity index is 2.49. The maximum absolute atomic E-state index is 12.6. The van der Waals surface area contributed by atoms with Gasteiger partial charge in [0.25, 0.3) is 0 Å². The van der Waals surface area contributed by atoms with Gasteiger partial charge in [-0.05, 0) is 44.7 Å². The van der Waals surface area contributed by atoms with Crippen LogP contribution in [0.3, 0.4) is 0 Å². The van der Waals surface area contributed by atoms with E-state index < -0.39 is 71.0 Å². The van der Waals surface area contributed by atoms with Crippen LogP contribution in [0.15, 0.2) is 30.3 Å². The van der Waals surface area contributed by atoms with E-state index in [1.54, 1.807) is 0 Å². The predicted molar refractivity (Wildman–Crippen MR) is 159 cm³/mol. The van der Waals surface area contributed by atoms with Gasteiger partial charge in [-0.2, -0.15) is 11.8 Å². The molecule has 1 aromatic carbocycles. The van der Waals surface area contributed by atoms with Crippen LogP contribution in [0.1, 0.15) is 59.3 Å². The molecule has 0 spiro atoms. The van der Waals surface area contributed by atoms with E-state index in [0.717, 1.165) is 5.75 Å². The second kappa shape index (κ2) is 18.6. The molecule has 15 heteroatoms. The van der Waals surface area contributed by atoms with Crippen molar-refractivity contribution in [1.29, 1.82) is 0 Å². The molecule has 240 valence electrons. The van der Waals surface area contributed by atoms with Crippen LogP contribution in [-0.2, 0) is 28.8 Å². The van der Waals surface area contributed by atoms with E-state index in [0.29, 0.717) is 12.4 Å². The van der Waals surface area contributed by atoms with Crippen LogP contribution in [0.4, 0.5) is 0 Å². The summed E-state index contributed by atoms with van der Waals surface area (Å²) < 4.78 is 5.19. The summed E-state index contributed by atoms with van der Waals surface area (Å²) in [6, 6.07) is 4.32. The summed E-state index contributed by atoms with van der Waals surface area (Å²) in [5.74, 6) is -4.52. The molecule has 3 amide bonds. The fraction of sp³-hybridized carbons (Fsp3) is 0.571. The van der Waals surface area contributed by atoms with E-state index in [2.05, 4.69) is 16.0 Å². The topological polar surface area (TPSA) is 234 Å². The SMILES string of the molecule is CC(NC(=O)CC(C)(C)SCCOc1ccccc1)C(=O)NC(CCC(=O)NC(CCCC(N)C(=O)O)C(=O)O)C(=O)O. The van der Waals surface area contributed by atoms with Gasteiger partial charge in [-0.3, -0.25) is 19.2 Å². The molecule has 0 saturated heterocycles. The number of ether oxygens (including phenoxy) is 1. The van der Waals surface area contributed by atoms with Crippen LogP contribution in [0, 0.1) is 0 Å². The van der Waals surface area contributed by atoms with Crippen molar-refractivity contribution in [3.63, 3.8) is 0 Å². The van der Waals surface area contributed by atoms with Gasteiger partial charge in [0.15, 0.2) is 0 Å². The number of aliphatic carboxylic acids is 3. The van der Waals surface area contributed by atoms with Gasteiger partial charge in [0.2, 0.25) is 17.7 Å². The number of carbonyl (C=O) groups excluding carboxylic acids is 3. The van der Waals surface area contributed by atoms with Crippen molar-refractivity contribution >= 4 is 47.4 Å². The highest BCUT2D eigenvalue weighted by Gasteiger charge is 2.28. The Labute approximate surface area is 254 Å². The Morgan fingerprint density at radius 3 is 2.05 bits per heavy atom. The highest BCUT2D eigenvalue weighted by atomic mass is 32.2. The third kappa shape index (κ3) is 15.8. The van der Waals surface area contributed by atoms with Crippen molar-refractivity contribution in [3.8, 4) is 5.75 Å². The van der Waals surface area contributed by atoms with Crippen molar-refractivity contribution < 1.29 is 48.8 Å². The number of carboxylic acid groups (broad SMARTS) is 3. The zero-order chi connectivity index (χ0) is 32.6. The molecule has 4 unspecified atom stereocenters. The number of hydrogen-bond donors (Lipinski definition) is 7. The van der Waals surface area contributed by atoms with Crippen LogP contribution in [0.2, 0.25) is 0 Å². The van der Waals surface area contributed by atoms with Gasteiger partial charge in [-0.1, -0.05) is 32.0 Å². The summed E-state index contributed by atoms with van der Waals surface area (Å²) in [4.78, 5) is 71.4. The molecule has 0 bridgehead atoms. The van der Waals surface area contributed by atoms with Gasteiger partial charge in [0, 0.05) is 23.3 Å². The molecule has 0 aromatic heterocycles. The van der Waals surface area contributed by atoms with Crippen LogP contribution >= 0.6 is 11.8 Å². The van der Waals surface area contributed by atoms with Gasteiger partial charge < -0.3 is 41.7 Å². The minimum atomic E-state index is -1.47. The van der Waals surface area contributed by atoms with Gasteiger partial charge in [0.1, 0.15) is 29.9 Å². The molecule has 43 heavy (non-hydrogen) atoms. The molecule has 0 saturated carbocycles. The second-order valence-electron chi connectivity index (χ2n) is 10.5. The summed E-state index contributed by atoms with van der Waals surface area (Å²) >= 11 is 1.53. The molecular weight excluding hydrogens is 584 g/mol. The van der Waals surface area contributed by atoms with Crippen LogP contribution in [0.25, 0.3) is 0 Å². The lowest BCUT2D eigenvalue weighted by molar-refractivity contribution is -0.143. The fourth-order valence-electron chi connectivity index (χ4n) is 3.81. The van der Waals surface area contributed by atoms with E-state index in [4.69, 9.17) is 15.6 Å². The lowest BCUT2D eigenvalue weighted by Crippen LogP contribution is -2.51. The Hall–Kier alpha value is -3.85. The van der Waals surface area contributed by atoms with Crippen LogP contribution < -0.4 is 26.4 Å². The largest absolute Gasteiger partial charge is 0.493 e. The standard InChI is InChI=1S/C28H42N4O10S/c1-17(30-23(34)16-28(2,3)43-15-14-42-18-8-5-4-6-9-18)24(35)32-21(27(40)41)12-13-22(33)31-20(26(38)39)11-7-10-19(29)25(36)37/h4-6,8-9,17,19-21H,7,10-16,29H2,1-3H3,(H,30,34)(H,31,33)(H,32,35)(H,36,37)(H,38,39)(H,40,41). The zero-order valence-corrected chi connectivity index (χ0v) is 25.4. The molecule has 0 radical (unpaired) electrons. The number of nitrogens with two attached hydrogens (primary N) is 1. The molecule has 0 heterocycles. The number of thioether (sulfide) groups is 1. The lowest BCUT2D eigenvalue weighted by atomic mass is 10.1. The third-order valence-electron chi connectivity index (χ3n) is 6.18. The van der Waals surface area contributed by atoms with E-state index in [1.807, 2.05) is 44.2 Å². The molecule has 8 N–H and O–H groups in total. The Morgan fingerprint density at radius 2 is 1.47 bits per heavy atom. The first-order valence-corrected chi connectivity index (χ1v) is 14.7. The Morgan fingerprint density at radius 1 is 0.860 bits per heavy atom. The number of hydrogen-bond acceptors (Lipinski definition) is 9. The number of nitrogens with one attached hydrogen (secondary N) is 3. The summed E-state index contributed by atoms with van der Waals surface area (Å²) in [6.45, 7) is 5.62. The summed E-state index contributed by atoms with van der Waals surface area (Å²) in [5, 5.41) is 34.8. The molecular formula is C28H42N4O10S. The zero-order valence-electron chi connectivity index (χ0n) is 24.5. The Bertz CT molecular complexity index is 1100. The number of para-hydroxylation sites is 1. The second-order valence-corrected chi connectivity index (χ2v) is 12.3. The van der Waals surface area contributed by atoms with Crippen molar-refractivity contribution in [2.75, 3.05) is 12.4 Å². The number of carboxylic acids is 3. The first-order chi connectivity index (χ1) is 20.1. The highest BCUT2D eigenvalue weighted by Crippen LogP contribution is 2.28. The van der Waals surface area contributed by atoms with Crippen molar-refractivity contribution in [2.45, 2.75) is 88.2 Å². The van der Waals surface area contributed by atoms with E-state index in [-0.39, 0.29) is 32.1 Å². The molecule has 4 atom stereocenters. The molecule has 0 aliphatic carbocycles. The van der Waals surface area contributed by atoms with Gasteiger partial charge in [0.05, 0.1) is 6.61 Å². The van der Waals surface area contributed by atoms with Crippen LogP contribution in [-0.4, -0.2) is 92.2 Å². The number of rotatable bonds is 21. The van der Waals surface area contributed by atoms with Crippen LogP contribution in [0.5, 0.6) is 5.75 Å². The molecule has 1 rings (SSSR count). The summed E-state index contributed by atoms with van der Waals surface area (Å²) in [5.41, 5.74) is 5.39.